The van der Waals surface area contributed by atoms with E-state index in [9.17, 15) is 4.79 Å². The molecule has 0 spiro atoms. The van der Waals surface area contributed by atoms with E-state index in [4.69, 9.17) is 4.43 Å². The molecule has 0 aliphatic heterocycles. The highest BCUT2D eigenvalue weighted by Crippen LogP contribution is 2.29. The third-order valence-corrected chi connectivity index (χ3v) is 3.41. The Bertz CT molecular complexity index is 197. The molecule has 0 rings (SSSR count). The molecular formula is C10H20O2Si. The summed E-state index contributed by atoms with van der Waals surface area (Å²) in [6.45, 7) is 11.7. The largest absolute Gasteiger partial charge is 0.521 e. The zero-order valence-electron chi connectivity index (χ0n) is 9.14. The molecular weight excluding hydrogens is 180 g/mol. The SMILES string of the molecule is C=C(C)C(=O)O[SiH2]C(C)(C)CCC. The standard InChI is InChI=1S/C10H20O2Si/c1-6-7-10(4,5)13-12-9(11)8(2)3/h2,6-7,13H2,1,3-5H3. The van der Waals surface area contributed by atoms with Crippen LogP contribution in [-0.2, 0) is 9.22 Å². The number of hydrogen-bond donors (Lipinski definition) is 0. The van der Waals surface area contributed by atoms with Gasteiger partial charge in [-0.1, -0.05) is 33.8 Å². The van der Waals surface area contributed by atoms with Crippen molar-refractivity contribution in [2.75, 3.05) is 0 Å². The number of carbonyl (C=O) groups excluding carboxylic acids is 1. The summed E-state index contributed by atoms with van der Waals surface area (Å²) in [5.41, 5.74) is 0.500. The van der Waals surface area contributed by atoms with E-state index in [1.54, 1.807) is 6.92 Å². The highest BCUT2D eigenvalue weighted by Gasteiger charge is 2.20. The fourth-order valence-electron chi connectivity index (χ4n) is 1.13. The lowest BCUT2D eigenvalue weighted by molar-refractivity contribution is -0.130. The first-order chi connectivity index (χ1) is 5.89. The summed E-state index contributed by atoms with van der Waals surface area (Å²) in [7, 11) is -0.772. The number of hydrogen-bond acceptors (Lipinski definition) is 2. The Labute approximate surface area is 83.3 Å². The molecule has 0 heterocycles. The molecule has 13 heavy (non-hydrogen) atoms. The summed E-state index contributed by atoms with van der Waals surface area (Å²) in [5.74, 6) is -0.226. The minimum absolute atomic E-state index is 0.222. The molecule has 76 valence electrons. The lowest BCUT2D eigenvalue weighted by atomic mass is 10.1. The van der Waals surface area contributed by atoms with E-state index >= 15 is 0 Å². The van der Waals surface area contributed by atoms with Crippen molar-refractivity contribution in [3.63, 3.8) is 0 Å². The Hall–Kier alpha value is -0.573. The molecule has 0 unspecified atom stereocenters. The molecule has 0 N–H and O–H groups in total. The highest BCUT2D eigenvalue weighted by molar-refractivity contribution is 6.35. The average molecular weight is 200 g/mol. The van der Waals surface area contributed by atoms with E-state index in [-0.39, 0.29) is 11.0 Å². The normalized spacial score (nSPS) is 12.0. The van der Waals surface area contributed by atoms with E-state index in [0.29, 0.717) is 5.57 Å². The second kappa shape index (κ2) is 5.22. The molecule has 0 aliphatic rings. The van der Waals surface area contributed by atoms with Gasteiger partial charge in [-0.05, 0) is 18.4 Å². The smallest absolute Gasteiger partial charge is 0.319 e. The van der Waals surface area contributed by atoms with Gasteiger partial charge in [-0.2, -0.15) is 0 Å². The van der Waals surface area contributed by atoms with Crippen LogP contribution in [0.1, 0.15) is 40.5 Å². The van der Waals surface area contributed by atoms with Crippen LogP contribution in [0.2, 0.25) is 5.04 Å². The van der Waals surface area contributed by atoms with Crippen molar-refractivity contribution in [3.8, 4) is 0 Å². The molecule has 0 fully saturated rings. The van der Waals surface area contributed by atoms with E-state index in [2.05, 4.69) is 27.4 Å². The molecule has 0 atom stereocenters. The van der Waals surface area contributed by atoms with Gasteiger partial charge in [0.1, 0.15) is 0 Å². The minimum atomic E-state index is -0.772. The average Bonchev–Trinajstić information content (AvgIpc) is 2.00. The maximum Gasteiger partial charge on any atom is 0.319 e. The zero-order chi connectivity index (χ0) is 10.5. The molecule has 0 saturated carbocycles. The molecule has 0 amide bonds. The van der Waals surface area contributed by atoms with Gasteiger partial charge in [0.25, 0.3) is 0 Å². The number of carbonyl (C=O) groups is 1. The molecule has 0 aromatic carbocycles. The summed E-state index contributed by atoms with van der Waals surface area (Å²) in [4.78, 5) is 11.1. The Balaban J connectivity index is 3.87. The predicted molar refractivity (Wildman–Crippen MR) is 58.4 cm³/mol. The van der Waals surface area contributed by atoms with Crippen LogP contribution in [0.25, 0.3) is 0 Å². The summed E-state index contributed by atoms with van der Waals surface area (Å²) in [5, 5.41) is 0.222. The predicted octanol–water partition coefficient (Wildman–Crippen LogP) is 2.19. The Morgan fingerprint density at radius 2 is 2.08 bits per heavy atom. The van der Waals surface area contributed by atoms with Gasteiger partial charge < -0.3 is 4.43 Å². The van der Waals surface area contributed by atoms with E-state index in [1.165, 1.54) is 0 Å². The summed E-state index contributed by atoms with van der Waals surface area (Å²) >= 11 is 0. The number of rotatable bonds is 5. The molecule has 0 saturated heterocycles. The first-order valence-corrected chi connectivity index (χ1v) is 6.00. The molecule has 0 radical (unpaired) electrons. The van der Waals surface area contributed by atoms with Crippen molar-refractivity contribution in [3.05, 3.63) is 12.2 Å². The topological polar surface area (TPSA) is 26.3 Å². The van der Waals surface area contributed by atoms with Gasteiger partial charge in [-0.15, -0.1) is 0 Å². The maximum atomic E-state index is 11.1. The monoisotopic (exact) mass is 200 g/mol. The van der Waals surface area contributed by atoms with Crippen molar-refractivity contribution in [2.24, 2.45) is 0 Å². The summed E-state index contributed by atoms with van der Waals surface area (Å²) in [6.07, 6.45) is 2.27. The van der Waals surface area contributed by atoms with Crippen molar-refractivity contribution in [1.29, 1.82) is 0 Å². The van der Waals surface area contributed by atoms with Crippen molar-refractivity contribution in [1.82, 2.24) is 0 Å². The van der Waals surface area contributed by atoms with Gasteiger partial charge >= 0.3 is 5.97 Å². The Kier molecular flexibility index (Phi) is 4.99. The van der Waals surface area contributed by atoms with E-state index < -0.39 is 9.76 Å². The van der Waals surface area contributed by atoms with Crippen LogP contribution in [0.5, 0.6) is 0 Å². The van der Waals surface area contributed by atoms with Crippen LogP contribution in [0.15, 0.2) is 12.2 Å². The van der Waals surface area contributed by atoms with Gasteiger partial charge in [0.2, 0.25) is 9.76 Å². The molecule has 3 heteroatoms. The van der Waals surface area contributed by atoms with Crippen LogP contribution in [-0.4, -0.2) is 15.7 Å². The molecule has 0 aromatic heterocycles. The molecule has 0 aliphatic carbocycles. The van der Waals surface area contributed by atoms with Gasteiger partial charge in [0.15, 0.2) is 0 Å². The quantitative estimate of drug-likeness (QED) is 0.502. The lowest BCUT2D eigenvalue weighted by Crippen LogP contribution is -2.20. The maximum absolute atomic E-state index is 11.1. The van der Waals surface area contributed by atoms with Crippen LogP contribution < -0.4 is 0 Å². The third kappa shape index (κ3) is 5.63. The van der Waals surface area contributed by atoms with Gasteiger partial charge in [0, 0.05) is 5.57 Å². The van der Waals surface area contributed by atoms with Gasteiger partial charge in [-0.3, -0.25) is 0 Å². The van der Waals surface area contributed by atoms with Crippen molar-refractivity contribution >= 4 is 15.7 Å². The second-order valence-electron chi connectivity index (χ2n) is 4.27. The fraction of sp³-hybridized carbons (Fsp3) is 0.700. The van der Waals surface area contributed by atoms with Crippen molar-refractivity contribution < 1.29 is 9.22 Å². The van der Waals surface area contributed by atoms with E-state index in [1.807, 2.05) is 0 Å². The molecule has 0 aromatic rings. The van der Waals surface area contributed by atoms with Crippen molar-refractivity contribution in [2.45, 2.75) is 45.6 Å². The van der Waals surface area contributed by atoms with Crippen LogP contribution in [0, 0.1) is 0 Å². The summed E-state index contributed by atoms with van der Waals surface area (Å²) in [6, 6.07) is 0. The molecule has 2 nitrogen and oxygen atoms in total. The van der Waals surface area contributed by atoms with Crippen LogP contribution >= 0.6 is 0 Å². The Morgan fingerprint density at radius 1 is 1.54 bits per heavy atom. The van der Waals surface area contributed by atoms with Gasteiger partial charge in [-0.25, -0.2) is 4.79 Å². The Morgan fingerprint density at radius 3 is 2.46 bits per heavy atom. The first kappa shape index (κ1) is 12.4. The zero-order valence-corrected chi connectivity index (χ0v) is 10.6. The minimum Gasteiger partial charge on any atom is -0.521 e. The summed E-state index contributed by atoms with van der Waals surface area (Å²) < 4.78 is 5.22. The lowest BCUT2D eigenvalue weighted by Gasteiger charge is -2.22. The third-order valence-electron chi connectivity index (χ3n) is 1.87. The van der Waals surface area contributed by atoms with Crippen LogP contribution in [0.4, 0.5) is 0 Å². The highest BCUT2D eigenvalue weighted by atomic mass is 28.2. The van der Waals surface area contributed by atoms with Crippen LogP contribution in [0.3, 0.4) is 0 Å². The molecule has 0 bridgehead atoms. The second-order valence-corrected chi connectivity index (χ2v) is 6.76. The van der Waals surface area contributed by atoms with E-state index in [0.717, 1.165) is 12.8 Å². The fourth-order valence-corrected chi connectivity index (χ4v) is 2.40. The van der Waals surface area contributed by atoms with Gasteiger partial charge in [0.05, 0.1) is 0 Å². The first-order valence-electron chi connectivity index (χ1n) is 4.71.